The first kappa shape index (κ1) is 20.1. The van der Waals surface area contributed by atoms with E-state index in [0.717, 1.165) is 5.56 Å². The molecular formula is C23H26N4O3. The summed E-state index contributed by atoms with van der Waals surface area (Å²) in [5, 5.41) is 3.14. The molecule has 1 aromatic heterocycles. The SMILES string of the molecule is CC(=O)N[C@@]12CN(C(C)=O)CC[C@@H]1[C@@H](c1ccccc1)N(C(=O)c1cccnc1)C2. The molecule has 2 aliphatic rings. The van der Waals surface area contributed by atoms with E-state index in [9.17, 15) is 14.4 Å². The Morgan fingerprint density at radius 3 is 2.47 bits per heavy atom. The average molecular weight is 406 g/mol. The third-order valence-corrected chi connectivity index (χ3v) is 6.24. The quantitative estimate of drug-likeness (QED) is 0.846. The maximum atomic E-state index is 13.5. The third kappa shape index (κ3) is 3.56. The van der Waals surface area contributed by atoms with Gasteiger partial charge in [0, 0.05) is 51.8 Å². The first-order valence-electron chi connectivity index (χ1n) is 10.2. The first-order valence-corrected chi connectivity index (χ1v) is 10.2. The number of pyridine rings is 1. The van der Waals surface area contributed by atoms with Crippen LogP contribution in [0.2, 0.25) is 0 Å². The van der Waals surface area contributed by atoms with Crippen LogP contribution in [-0.4, -0.2) is 57.7 Å². The second-order valence-electron chi connectivity index (χ2n) is 8.20. The highest BCUT2D eigenvalue weighted by atomic mass is 16.2. The zero-order chi connectivity index (χ0) is 21.3. The number of nitrogens with zero attached hydrogens (tertiary/aromatic N) is 3. The van der Waals surface area contributed by atoms with Crippen LogP contribution >= 0.6 is 0 Å². The lowest BCUT2D eigenvalue weighted by atomic mass is 9.75. The molecule has 2 fully saturated rings. The lowest BCUT2D eigenvalue weighted by molar-refractivity contribution is -0.134. The summed E-state index contributed by atoms with van der Waals surface area (Å²) in [5.41, 5.74) is 0.857. The summed E-state index contributed by atoms with van der Waals surface area (Å²) in [5.74, 6) is -0.301. The van der Waals surface area contributed by atoms with Crippen LogP contribution in [0.1, 0.15) is 42.2 Å². The predicted octanol–water partition coefficient (Wildman–Crippen LogP) is 2.02. The van der Waals surface area contributed by atoms with Crippen LogP contribution in [0.4, 0.5) is 0 Å². The van der Waals surface area contributed by atoms with Gasteiger partial charge >= 0.3 is 0 Å². The number of piperidine rings is 1. The minimum absolute atomic E-state index is 0.0000198. The summed E-state index contributed by atoms with van der Waals surface area (Å²) in [7, 11) is 0. The van der Waals surface area contributed by atoms with Crippen molar-refractivity contribution < 1.29 is 14.4 Å². The lowest BCUT2D eigenvalue weighted by Gasteiger charge is -2.45. The van der Waals surface area contributed by atoms with E-state index in [0.29, 0.717) is 31.6 Å². The number of hydrogen-bond acceptors (Lipinski definition) is 4. The normalized spacial score (nSPS) is 25.5. The Hall–Kier alpha value is -3.22. The lowest BCUT2D eigenvalue weighted by Crippen LogP contribution is -2.64. The number of hydrogen-bond donors (Lipinski definition) is 1. The van der Waals surface area contributed by atoms with Crippen molar-refractivity contribution in [2.45, 2.75) is 31.8 Å². The molecular weight excluding hydrogens is 380 g/mol. The van der Waals surface area contributed by atoms with Gasteiger partial charge in [0.15, 0.2) is 0 Å². The molecule has 0 unspecified atom stereocenters. The molecule has 3 amide bonds. The number of carbonyl (C=O) groups excluding carboxylic acids is 3. The van der Waals surface area contributed by atoms with E-state index in [1.807, 2.05) is 35.2 Å². The van der Waals surface area contributed by atoms with Gasteiger partial charge in [-0.05, 0) is 24.1 Å². The Morgan fingerprint density at radius 1 is 1.07 bits per heavy atom. The third-order valence-electron chi connectivity index (χ3n) is 6.24. The fourth-order valence-corrected chi connectivity index (χ4v) is 5.06. The number of rotatable bonds is 3. The molecule has 0 bridgehead atoms. The van der Waals surface area contributed by atoms with E-state index in [1.165, 1.54) is 6.92 Å². The zero-order valence-corrected chi connectivity index (χ0v) is 17.2. The standard InChI is InChI=1S/C23H26N4O3/c1-16(28)25-23-14-26(17(2)29)12-10-20(23)21(18-7-4-3-5-8-18)27(15-23)22(30)19-9-6-11-24-13-19/h3-9,11,13,20-21H,10,12,14-15H2,1-2H3,(H,25,28)/t20-,21-,23-/m1/s1. The van der Waals surface area contributed by atoms with Gasteiger partial charge in [-0.3, -0.25) is 19.4 Å². The predicted molar refractivity (Wildman–Crippen MR) is 111 cm³/mol. The molecule has 156 valence electrons. The summed E-state index contributed by atoms with van der Waals surface area (Å²) in [4.78, 5) is 45.5. The van der Waals surface area contributed by atoms with Gasteiger partial charge in [-0.1, -0.05) is 30.3 Å². The van der Waals surface area contributed by atoms with Crippen LogP contribution in [-0.2, 0) is 9.59 Å². The van der Waals surface area contributed by atoms with Crippen molar-refractivity contribution in [3.63, 3.8) is 0 Å². The monoisotopic (exact) mass is 406 g/mol. The van der Waals surface area contributed by atoms with Crippen molar-refractivity contribution in [3.8, 4) is 0 Å². The van der Waals surface area contributed by atoms with Gasteiger partial charge in [0.25, 0.3) is 5.91 Å². The van der Waals surface area contributed by atoms with Gasteiger partial charge in [-0.15, -0.1) is 0 Å². The Labute approximate surface area is 176 Å². The van der Waals surface area contributed by atoms with Crippen LogP contribution in [0.5, 0.6) is 0 Å². The number of likely N-dealkylation sites (tertiary alicyclic amines) is 2. The summed E-state index contributed by atoms with van der Waals surface area (Å²) in [6, 6.07) is 13.2. The van der Waals surface area contributed by atoms with Crippen LogP contribution in [0.15, 0.2) is 54.9 Å². The Kier molecular flexibility index (Phi) is 5.28. The van der Waals surface area contributed by atoms with E-state index < -0.39 is 5.54 Å². The maximum absolute atomic E-state index is 13.5. The van der Waals surface area contributed by atoms with Crippen molar-refractivity contribution in [1.82, 2.24) is 20.1 Å². The van der Waals surface area contributed by atoms with Gasteiger partial charge < -0.3 is 15.1 Å². The average Bonchev–Trinajstić information content (AvgIpc) is 3.07. The molecule has 0 saturated carbocycles. The molecule has 30 heavy (non-hydrogen) atoms. The zero-order valence-electron chi connectivity index (χ0n) is 17.2. The molecule has 1 aromatic carbocycles. The molecule has 2 saturated heterocycles. The number of amides is 3. The molecule has 2 aromatic rings. The van der Waals surface area contributed by atoms with Crippen LogP contribution in [0.3, 0.4) is 0 Å². The highest BCUT2D eigenvalue weighted by Crippen LogP contribution is 2.48. The fraction of sp³-hybridized carbons (Fsp3) is 0.391. The van der Waals surface area contributed by atoms with Crippen molar-refractivity contribution in [1.29, 1.82) is 0 Å². The molecule has 0 aliphatic carbocycles. The van der Waals surface area contributed by atoms with Crippen molar-refractivity contribution in [2.24, 2.45) is 5.92 Å². The van der Waals surface area contributed by atoms with Crippen LogP contribution in [0.25, 0.3) is 0 Å². The molecule has 0 spiro atoms. The van der Waals surface area contributed by atoms with Gasteiger partial charge in [0.05, 0.1) is 17.1 Å². The molecule has 3 atom stereocenters. The molecule has 3 heterocycles. The Balaban J connectivity index is 1.79. The minimum atomic E-state index is -0.686. The van der Waals surface area contributed by atoms with Crippen LogP contribution < -0.4 is 5.32 Å². The van der Waals surface area contributed by atoms with Gasteiger partial charge in [-0.25, -0.2) is 0 Å². The van der Waals surface area contributed by atoms with Crippen molar-refractivity contribution in [2.75, 3.05) is 19.6 Å². The van der Waals surface area contributed by atoms with E-state index >= 15 is 0 Å². The number of fused-ring (bicyclic) bond motifs is 1. The largest absolute Gasteiger partial charge is 0.347 e. The van der Waals surface area contributed by atoms with Gasteiger partial charge in [0.2, 0.25) is 11.8 Å². The number of nitrogens with one attached hydrogen (secondary N) is 1. The molecule has 0 radical (unpaired) electrons. The topological polar surface area (TPSA) is 82.6 Å². The van der Waals surface area contributed by atoms with Crippen LogP contribution in [0, 0.1) is 5.92 Å². The Bertz CT molecular complexity index is 949. The number of aromatic nitrogens is 1. The summed E-state index contributed by atoms with van der Waals surface area (Å²) < 4.78 is 0. The summed E-state index contributed by atoms with van der Waals surface area (Å²) in [6.45, 7) is 4.38. The van der Waals surface area contributed by atoms with E-state index in [2.05, 4.69) is 10.3 Å². The minimum Gasteiger partial charge on any atom is -0.347 e. The summed E-state index contributed by atoms with van der Waals surface area (Å²) in [6.07, 6.45) is 3.91. The second-order valence-corrected chi connectivity index (χ2v) is 8.20. The number of benzene rings is 1. The summed E-state index contributed by atoms with van der Waals surface area (Å²) >= 11 is 0. The Morgan fingerprint density at radius 2 is 1.83 bits per heavy atom. The second kappa shape index (κ2) is 7.89. The number of carbonyl (C=O) groups is 3. The van der Waals surface area contributed by atoms with Crippen molar-refractivity contribution in [3.05, 3.63) is 66.0 Å². The first-order chi connectivity index (χ1) is 14.4. The molecule has 4 rings (SSSR count). The molecule has 2 aliphatic heterocycles. The maximum Gasteiger partial charge on any atom is 0.256 e. The fourth-order valence-electron chi connectivity index (χ4n) is 5.06. The molecule has 7 heteroatoms. The highest BCUT2D eigenvalue weighted by molar-refractivity contribution is 5.94. The van der Waals surface area contributed by atoms with Gasteiger partial charge in [-0.2, -0.15) is 0 Å². The molecule has 7 nitrogen and oxygen atoms in total. The highest BCUT2D eigenvalue weighted by Gasteiger charge is 2.57. The van der Waals surface area contributed by atoms with E-state index in [4.69, 9.17) is 0 Å². The smallest absolute Gasteiger partial charge is 0.256 e. The van der Waals surface area contributed by atoms with Gasteiger partial charge in [0.1, 0.15) is 0 Å². The molecule has 1 N–H and O–H groups in total. The van der Waals surface area contributed by atoms with E-state index in [-0.39, 0.29) is 29.7 Å². The van der Waals surface area contributed by atoms with E-state index in [1.54, 1.807) is 36.4 Å². The van der Waals surface area contributed by atoms with Crippen molar-refractivity contribution >= 4 is 17.7 Å².